The van der Waals surface area contributed by atoms with Crippen molar-refractivity contribution in [3.05, 3.63) is 90.5 Å². The first-order valence-electron chi connectivity index (χ1n) is 11.3. The van der Waals surface area contributed by atoms with Gasteiger partial charge in [0.25, 0.3) is 0 Å². The van der Waals surface area contributed by atoms with E-state index in [0.29, 0.717) is 12.2 Å². The summed E-state index contributed by atoms with van der Waals surface area (Å²) in [6.07, 6.45) is 7.93. The van der Waals surface area contributed by atoms with Crippen LogP contribution in [0.15, 0.2) is 84.9 Å². The van der Waals surface area contributed by atoms with Crippen molar-refractivity contribution in [1.82, 2.24) is 0 Å². The molecule has 0 aliphatic heterocycles. The van der Waals surface area contributed by atoms with Crippen LogP contribution in [0, 0.1) is 0 Å². The smallest absolute Gasteiger partial charge is 0.338 e. The van der Waals surface area contributed by atoms with Gasteiger partial charge in [0.15, 0.2) is 0 Å². The SMILES string of the molecule is O=C(OCCCCCCCCCOc1ccc(-c2ccccc2)cc1)c1ccccc1. The lowest BCUT2D eigenvalue weighted by molar-refractivity contribution is 0.0497. The predicted molar refractivity (Wildman–Crippen MR) is 126 cm³/mol. The molecule has 3 rings (SSSR count). The van der Waals surface area contributed by atoms with Gasteiger partial charge in [-0.05, 0) is 48.2 Å². The molecule has 0 amide bonds. The van der Waals surface area contributed by atoms with Crippen LogP contribution < -0.4 is 4.74 Å². The number of esters is 1. The van der Waals surface area contributed by atoms with Crippen LogP contribution in [0.2, 0.25) is 0 Å². The molecule has 0 atom stereocenters. The Labute approximate surface area is 186 Å². The second-order valence-corrected chi connectivity index (χ2v) is 7.72. The van der Waals surface area contributed by atoms with Crippen molar-refractivity contribution in [1.29, 1.82) is 0 Å². The summed E-state index contributed by atoms with van der Waals surface area (Å²) >= 11 is 0. The number of carbonyl (C=O) groups excluding carboxylic acids is 1. The van der Waals surface area contributed by atoms with E-state index >= 15 is 0 Å². The minimum atomic E-state index is -0.227. The zero-order chi connectivity index (χ0) is 21.6. The third-order valence-corrected chi connectivity index (χ3v) is 5.26. The predicted octanol–water partition coefficient (Wildman–Crippen LogP) is 7.32. The van der Waals surface area contributed by atoms with Crippen LogP contribution in [0.3, 0.4) is 0 Å². The second kappa shape index (κ2) is 13.3. The maximum Gasteiger partial charge on any atom is 0.338 e. The fraction of sp³-hybridized carbons (Fsp3) is 0.321. The van der Waals surface area contributed by atoms with Crippen molar-refractivity contribution >= 4 is 5.97 Å². The van der Waals surface area contributed by atoms with Crippen molar-refractivity contribution in [2.75, 3.05) is 13.2 Å². The first-order chi connectivity index (χ1) is 15.3. The number of carbonyl (C=O) groups is 1. The van der Waals surface area contributed by atoms with E-state index in [1.165, 1.54) is 36.8 Å². The molecule has 0 radical (unpaired) electrons. The number of ether oxygens (including phenoxy) is 2. The fourth-order valence-corrected chi connectivity index (χ4v) is 3.47. The molecule has 3 aromatic rings. The van der Waals surface area contributed by atoms with Gasteiger partial charge >= 0.3 is 5.97 Å². The molecule has 3 nitrogen and oxygen atoms in total. The molecule has 0 saturated heterocycles. The molecular formula is C28H32O3. The molecule has 0 fully saturated rings. The van der Waals surface area contributed by atoms with Gasteiger partial charge < -0.3 is 9.47 Å². The maximum atomic E-state index is 11.8. The summed E-state index contributed by atoms with van der Waals surface area (Å²) in [5.74, 6) is 0.708. The van der Waals surface area contributed by atoms with Gasteiger partial charge in [0.2, 0.25) is 0 Å². The van der Waals surface area contributed by atoms with E-state index < -0.39 is 0 Å². The number of benzene rings is 3. The average molecular weight is 417 g/mol. The molecule has 3 aromatic carbocycles. The molecule has 0 aliphatic carbocycles. The highest BCUT2D eigenvalue weighted by molar-refractivity contribution is 5.89. The van der Waals surface area contributed by atoms with Gasteiger partial charge in [0.1, 0.15) is 5.75 Å². The van der Waals surface area contributed by atoms with Crippen LogP contribution in [0.1, 0.15) is 55.3 Å². The Morgan fingerprint density at radius 2 is 1.06 bits per heavy atom. The zero-order valence-corrected chi connectivity index (χ0v) is 18.2. The number of unbranched alkanes of at least 4 members (excludes halogenated alkanes) is 6. The van der Waals surface area contributed by atoms with Crippen LogP contribution in [0.4, 0.5) is 0 Å². The largest absolute Gasteiger partial charge is 0.494 e. The minimum Gasteiger partial charge on any atom is -0.494 e. The van der Waals surface area contributed by atoms with E-state index in [1.807, 2.05) is 36.4 Å². The Balaban J connectivity index is 1.16. The summed E-state index contributed by atoms with van der Waals surface area (Å²) in [6.45, 7) is 1.27. The molecule has 31 heavy (non-hydrogen) atoms. The van der Waals surface area contributed by atoms with Crippen molar-refractivity contribution in [2.45, 2.75) is 44.9 Å². The van der Waals surface area contributed by atoms with Gasteiger partial charge in [-0.2, -0.15) is 0 Å². The third-order valence-electron chi connectivity index (χ3n) is 5.26. The number of hydrogen-bond donors (Lipinski definition) is 0. The summed E-state index contributed by atoms with van der Waals surface area (Å²) in [5, 5.41) is 0. The number of rotatable bonds is 13. The van der Waals surface area contributed by atoms with Gasteiger partial charge in [-0.15, -0.1) is 0 Å². The van der Waals surface area contributed by atoms with E-state index in [1.54, 1.807) is 12.1 Å². The molecule has 162 valence electrons. The van der Waals surface area contributed by atoms with E-state index in [4.69, 9.17) is 9.47 Å². The molecule has 0 bridgehead atoms. The number of hydrogen-bond acceptors (Lipinski definition) is 3. The highest BCUT2D eigenvalue weighted by Gasteiger charge is 2.05. The Bertz CT molecular complexity index is 873. The van der Waals surface area contributed by atoms with E-state index in [2.05, 4.69) is 36.4 Å². The first-order valence-corrected chi connectivity index (χ1v) is 11.3. The zero-order valence-electron chi connectivity index (χ0n) is 18.2. The van der Waals surface area contributed by atoms with Crippen molar-refractivity contribution in [3.8, 4) is 16.9 Å². The van der Waals surface area contributed by atoms with Gasteiger partial charge in [-0.25, -0.2) is 4.79 Å². The fourth-order valence-electron chi connectivity index (χ4n) is 3.47. The van der Waals surface area contributed by atoms with E-state index in [9.17, 15) is 4.79 Å². The third kappa shape index (κ3) is 8.29. The normalized spacial score (nSPS) is 10.6. The summed E-state index contributed by atoms with van der Waals surface area (Å²) in [5.41, 5.74) is 3.06. The topological polar surface area (TPSA) is 35.5 Å². The summed E-state index contributed by atoms with van der Waals surface area (Å²) in [7, 11) is 0. The highest BCUT2D eigenvalue weighted by Crippen LogP contribution is 2.22. The van der Waals surface area contributed by atoms with Gasteiger partial charge in [0.05, 0.1) is 18.8 Å². The Hall–Kier alpha value is -3.07. The van der Waals surface area contributed by atoms with Gasteiger partial charge in [-0.1, -0.05) is 92.8 Å². The first kappa shape index (κ1) is 22.6. The minimum absolute atomic E-state index is 0.227. The Kier molecular flexibility index (Phi) is 9.68. The molecular weight excluding hydrogens is 384 g/mol. The van der Waals surface area contributed by atoms with Crippen LogP contribution in [0.5, 0.6) is 5.75 Å². The Morgan fingerprint density at radius 3 is 1.71 bits per heavy atom. The molecule has 0 N–H and O–H groups in total. The molecule has 0 saturated carbocycles. The molecule has 0 spiro atoms. The lowest BCUT2D eigenvalue weighted by atomic mass is 10.1. The van der Waals surface area contributed by atoms with Crippen LogP contribution in [-0.2, 0) is 4.74 Å². The molecule has 3 heteroatoms. The van der Waals surface area contributed by atoms with Crippen molar-refractivity contribution in [3.63, 3.8) is 0 Å². The molecule has 0 unspecified atom stereocenters. The van der Waals surface area contributed by atoms with Gasteiger partial charge in [0, 0.05) is 0 Å². The lowest BCUT2D eigenvalue weighted by Crippen LogP contribution is -2.06. The second-order valence-electron chi connectivity index (χ2n) is 7.72. The quantitative estimate of drug-likeness (QED) is 0.216. The summed E-state index contributed by atoms with van der Waals surface area (Å²) < 4.78 is 11.2. The molecule has 0 aromatic heterocycles. The average Bonchev–Trinajstić information content (AvgIpc) is 2.84. The summed E-state index contributed by atoms with van der Waals surface area (Å²) in [4.78, 5) is 11.8. The van der Waals surface area contributed by atoms with Crippen LogP contribution in [0.25, 0.3) is 11.1 Å². The standard InChI is InChI=1S/C28H32O3/c29-28(26-16-10-7-11-17-26)31-23-13-5-3-1-2-4-12-22-30-27-20-18-25(19-21-27)24-14-8-6-9-15-24/h6-11,14-21H,1-5,12-13,22-23H2. The van der Waals surface area contributed by atoms with Crippen LogP contribution >= 0.6 is 0 Å². The Morgan fingerprint density at radius 1 is 0.548 bits per heavy atom. The molecule has 0 aliphatic rings. The maximum absolute atomic E-state index is 11.8. The van der Waals surface area contributed by atoms with E-state index in [0.717, 1.165) is 31.6 Å². The van der Waals surface area contributed by atoms with E-state index in [-0.39, 0.29) is 5.97 Å². The van der Waals surface area contributed by atoms with Gasteiger partial charge in [-0.3, -0.25) is 0 Å². The highest BCUT2D eigenvalue weighted by atomic mass is 16.5. The van der Waals surface area contributed by atoms with Crippen molar-refractivity contribution < 1.29 is 14.3 Å². The molecule has 0 heterocycles. The van der Waals surface area contributed by atoms with Crippen LogP contribution in [-0.4, -0.2) is 19.2 Å². The monoisotopic (exact) mass is 416 g/mol. The summed E-state index contributed by atoms with van der Waals surface area (Å²) in [6, 6.07) is 27.9. The lowest BCUT2D eigenvalue weighted by Gasteiger charge is -2.08. The van der Waals surface area contributed by atoms with Crippen molar-refractivity contribution in [2.24, 2.45) is 0 Å².